The largest absolute Gasteiger partial charge is 0.507 e. The number of hydrogen-bond donors (Lipinski definition) is 1. The second-order valence-corrected chi connectivity index (χ2v) is 5.66. The maximum absolute atomic E-state index is 9.77. The molecule has 2 aromatic carbocycles. The Hall–Kier alpha value is -2.02. The lowest BCUT2D eigenvalue weighted by atomic mass is 10.0. The van der Waals surface area contributed by atoms with Crippen LogP contribution in [0.2, 0.25) is 0 Å². The van der Waals surface area contributed by atoms with E-state index in [1.165, 1.54) is 11.1 Å². The number of benzene rings is 2. The molecule has 2 aromatic rings. The molecule has 0 unspecified atom stereocenters. The maximum Gasteiger partial charge on any atom is 0.121 e. The van der Waals surface area contributed by atoms with Crippen LogP contribution in [0.25, 0.3) is 12.2 Å². The lowest BCUT2D eigenvalue weighted by molar-refractivity contribution is 0.467. The standard InChI is InChI=1S/C19H22O/c1-13(2)18-9-7-16(8-10-18)5-6-17-11-14(3)19(20)15(4)12-17/h5-13,20H,1-4H3/b6-5+. The molecule has 20 heavy (non-hydrogen) atoms. The molecular weight excluding hydrogens is 244 g/mol. The second-order valence-electron chi connectivity index (χ2n) is 5.66. The minimum atomic E-state index is 0.392. The van der Waals surface area contributed by atoms with Crippen molar-refractivity contribution in [3.05, 3.63) is 64.2 Å². The van der Waals surface area contributed by atoms with Gasteiger partial charge in [-0.05, 0) is 59.7 Å². The number of phenols is 1. The predicted molar refractivity (Wildman–Crippen MR) is 87.0 cm³/mol. The summed E-state index contributed by atoms with van der Waals surface area (Å²) in [5.41, 5.74) is 5.50. The topological polar surface area (TPSA) is 20.2 Å². The molecule has 0 aliphatic carbocycles. The molecule has 0 aliphatic heterocycles. The lowest BCUT2D eigenvalue weighted by Crippen LogP contribution is -1.86. The molecule has 0 heterocycles. The Labute approximate surface area is 121 Å². The summed E-state index contributed by atoms with van der Waals surface area (Å²) in [5, 5.41) is 9.77. The van der Waals surface area contributed by atoms with Crippen molar-refractivity contribution in [2.24, 2.45) is 0 Å². The fourth-order valence-corrected chi connectivity index (χ4v) is 2.27. The summed E-state index contributed by atoms with van der Waals surface area (Å²) in [4.78, 5) is 0. The molecule has 1 N–H and O–H groups in total. The van der Waals surface area contributed by atoms with Gasteiger partial charge in [-0.15, -0.1) is 0 Å². The molecule has 0 amide bonds. The molecule has 0 fully saturated rings. The quantitative estimate of drug-likeness (QED) is 0.747. The van der Waals surface area contributed by atoms with E-state index in [9.17, 15) is 5.11 Å². The van der Waals surface area contributed by atoms with Crippen molar-refractivity contribution in [1.29, 1.82) is 0 Å². The number of hydrogen-bond acceptors (Lipinski definition) is 1. The van der Waals surface area contributed by atoms with Crippen LogP contribution in [0.15, 0.2) is 36.4 Å². The predicted octanol–water partition coefficient (Wildman–Crippen LogP) is 5.30. The molecule has 104 valence electrons. The van der Waals surface area contributed by atoms with Crippen LogP contribution in [-0.2, 0) is 0 Å². The van der Waals surface area contributed by atoms with E-state index in [1.807, 2.05) is 26.0 Å². The number of phenolic OH excluding ortho intramolecular Hbond substituents is 1. The highest BCUT2D eigenvalue weighted by atomic mass is 16.3. The monoisotopic (exact) mass is 266 g/mol. The van der Waals surface area contributed by atoms with Crippen molar-refractivity contribution in [3.63, 3.8) is 0 Å². The summed E-state index contributed by atoms with van der Waals surface area (Å²) in [6.45, 7) is 8.26. The highest BCUT2D eigenvalue weighted by Gasteiger charge is 2.01. The summed E-state index contributed by atoms with van der Waals surface area (Å²) < 4.78 is 0. The van der Waals surface area contributed by atoms with Crippen LogP contribution in [0.5, 0.6) is 5.75 Å². The summed E-state index contributed by atoms with van der Waals surface area (Å²) in [6, 6.07) is 12.6. The molecule has 0 saturated carbocycles. The van der Waals surface area contributed by atoms with Gasteiger partial charge in [0.05, 0.1) is 0 Å². The van der Waals surface area contributed by atoms with Crippen LogP contribution >= 0.6 is 0 Å². The maximum atomic E-state index is 9.77. The summed E-state index contributed by atoms with van der Waals surface area (Å²) >= 11 is 0. The van der Waals surface area contributed by atoms with Gasteiger partial charge in [-0.25, -0.2) is 0 Å². The molecule has 0 aliphatic rings. The Morgan fingerprint density at radius 1 is 0.850 bits per heavy atom. The number of rotatable bonds is 3. The Kier molecular flexibility index (Phi) is 4.29. The van der Waals surface area contributed by atoms with Gasteiger partial charge in [0, 0.05) is 0 Å². The first kappa shape index (κ1) is 14.4. The van der Waals surface area contributed by atoms with Crippen molar-refractivity contribution in [2.45, 2.75) is 33.6 Å². The zero-order valence-electron chi connectivity index (χ0n) is 12.6. The SMILES string of the molecule is Cc1cc(/C=C/c2ccc(C(C)C)cc2)cc(C)c1O. The molecule has 0 radical (unpaired) electrons. The van der Waals surface area contributed by atoms with Gasteiger partial charge in [-0.2, -0.15) is 0 Å². The highest BCUT2D eigenvalue weighted by molar-refractivity contribution is 5.71. The highest BCUT2D eigenvalue weighted by Crippen LogP contribution is 2.24. The van der Waals surface area contributed by atoms with E-state index in [0.29, 0.717) is 11.7 Å². The third-order valence-electron chi connectivity index (χ3n) is 3.58. The van der Waals surface area contributed by atoms with E-state index in [1.54, 1.807) is 0 Å². The van der Waals surface area contributed by atoms with Crippen molar-refractivity contribution < 1.29 is 5.11 Å². The minimum absolute atomic E-state index is 0.392. The van der Waals surface area contributed by atoms with Crippen LogP contribution < -0.4 is 0 Å². The molecule has 1 nitrogen and oxygen atoms in total. The van der Waals surface area contributed by atoms with Crippen molar-refractivity contribution in [2.75, 3.05) is 0 Å². The second kappa shape index (κ2) is 5.96. The molecule has 0 spiro atoms. The fourth-order valence-electron chi connectivity index (χ4n) is 2.27. The van der Waals surface area contributed by atoms with Crippen LogP contribution in [0.1, 0.15) is 47.6 Å². The smallest absolute Gasteiger partial charge is 0.121 e. The Bertz CT molecular complexity index is 596. The van der Waals surface area contributed by atoms with Gasteiger partial charge in [0.25, 0.3) is 0 Å². The van der Waals surface area contributed by atoms with Crippen molar-refractivity contribution in [1.82, 2.24) is 0 Å². The Morgan fingerprint density at radius 3 is 1.85 bits per heavy atom. The van der Waals surface area contributed by atoms with Crippen LogP contribution in [0.4, 0.5) is 0 Å². The lowest BCUT2D eigenvalue weighted by Gasteiger charge is -2.06. The normalized spacial score (nSPS) is 11.4. The molecule has 0 aromatic heterocycles. The molecule has 0 bridgehead atoms. The van der Waals surface area contributed by atoms with E-state index in [2.05, 4.69) is 50.3 Å². The van der Waals surface area contributed by atoms with Crippen LogP contribution in [0.3, 0.4) is 0 Å². The first-order valence-corrected chi connectivity index (χ1v) is 7.05. The molecule has 0 saturated heterocycles. The van der Waals surface area contributed by atoms with Gasteiger partial charge in [0.2, 0.25) is 0 Å². The fraction of sp³-hybridized carbons (Fsp3) is 0.263. The molecule has 2 rings (SSSR count). The van der Waals surface area contributed by atoms with Crippen molar-refractivity contribution >= 4 is 12.2 Å². The van der Waals surface area contributed by atoms with Crippen molar-refractivity contribution in [3.8, 4) is 5.75 Å². The summed E-state index contributed by atoms with van der Waals surface area (Å²) in [7, 11) is 0. The Morgan fingerprint density at radius 2 is 1.35 bits per heavy atom. The van der Waals surface area contributed by atoms with E-state index < -0.39 is 0 Å². The molecule has 1 heteroatoms. The summed E-state index contributed by atoms with van der Waals surface area (Å²) in [6.07, 6.45) is 4.19. The van der Waals surface area contributed by atoms with E-state index in [4.69, 9.17) is 0 Å². The van der Waals surface area contributed by atoms with E-state index in [0.717, 1.165) is 16.7 Å². The van der Waals surface area contributed by atoms with Crippen LogP contribution in [-0.4, -0.2) is 5.11 Å². The average molecular weight is 266 g/mol. The third-order valence-corrected chi connectivity index (χ3v) is 3.58. The third kappa shape index (κ3) is 3.30. The molecule has 0 atom stereocenters. The van der Waals surface area contributed by atoms with Crippen LogP contribution in [0, 0.1) is 13.8 Å². The first-order chi connectivity index (χ1) is 9.47. The van der Waals surface area contributed by atoms with E-state index >= 15 is 0 Å². The first-order valence-electron chi connectivity index (χ1n) is 7.05. The van der Waals surface area contributed by atoms with Gasteiger partial charge < -0.3 is 5.11 Å². The zero-order valence-corrected chi connectivity index (χ0v) is 12.6. The Balaban J connectivity index is 2.21. The van der Waals surface area contributed by atoms with Gasteiger partial charge >= 0.3 is 0 Å². The number of aromatic hydroxyl groups is 1. The molecular formula is C19H22O. The van der Waals surface area contributed by atoms with Gasteiger partial charge in [-0.1, -0.05) is 50.3 Å². The average Bonchev–Trinajstić information content (AvgIpc) is 2.42. The van der Waals surface area contributed by atoms with Gasteiger partial charge in [0.1, 0.15) is 5.75 Å². The zero-order chi connectivity index (χ0) is 14.7. The van der Waals surface area contributed by atoms with Gasteiger partial charge in [-0.3, -0.25) is 0 Å². The minimum Gasteiger partial charge on any atom is -0.507 e. The summed E-state index contributed by atoms with van der Waals surface area (Å²) in [5.74, 6) is 0.957. The number of aryl methyl sites for hydroxylation is 2. The van der Waals surface area contributed by atoms with Gasteiger partial charge in [0.15, 0.2) is 0 Å². The van der Waals surface area contributed by atoms with E-state index in [-0.39, 0.29) is 0 Å².